The van der Waals surface area contributed by atoms with Crippen LogP contribution < -0.4 is 5.32 Å². The van der Waals surface area contributed by atoms with Crippen molar-refractivity contribution < 1.29 is 9.53 Å². The van der Waals surface area contributed by atoms with Crippen molar-refractivity contribution >= 4 is 36.0 Å². The van der Waals surface area contributed by atoms with Gasteiger partial charge in [0.1, 0.15) is 5.69 Å². The Morgan fingerprint density at radius 2 is 1.78 bits per heavy atom. The minimum atomic E-state index is -0.143. The van der Waals surface area contributed by atoms with Gasteiger partial charge in [-0.3, -0.25) is 4.79 Å². The summed E-state index contributed by atoms with van der Waals surface area (Å²) in [6, 6.07) is 10.2. The number of hydrogen-bond donors (Lipinski definition) is 2. The first-order chi connectivity index (χ1) is 24.6. The van der Waals surface area contributed by atoms with Crippen LogP contribution in [0.15, 0.2) is 102 Å². The number of esters is 1. The number of ether oxygens (including phenoxy) is 1. The summed E-state index contributed by atoms with van der Waals surface area (Å²) in [5.41, 5.74) is 5.81. The number of rotatable bonds is 19. The minimum absolute atomic E-state index is 0.143. The van der Waals surface area contributed by atoms with Gasteiger partial charge in [-0.2, -0.15) is 5.10 Å². The molecule has 3 rings (SSSR count). The fourth-order valence-corrected chi connectivity index (χ4v) is 4.84. The topological polar surface area (TPSA) is 92.4 Å². The fraction of sp³-hybridized carbons (Fsp3) is 0.395. The van der Waals surface area contributed by atoms with Gasteiger partial charge in [0.2, 0.25) is 0 Å². The van der Waals surface area contributed by atoms with Crippen LogP contribution in [0.5, 0.6) is 0 Å². The molecule has 270 valence electrons. The average molecular weight is 680 g/mol. The molecular weight excluding hydrogens is 619 g/mol. The lowest BCUT2D eigenvalue weighted by atomic mass is 10.00. The van der Waals surface area contributed by atoms with Crippen molar-refractivity contribution in [2.24, 2.45) is 4.99 Å². The number of carbonyl (C=O) groups excluding carboxylic acids is 1. The summed E-state index contributed by atoms with van der Waals surface area (Å²) in [7, 11) is 0. The van der Waals surface area contributed by atoms with Crippen molar-refractivity contribution in [1.29, 1.82) is 5.41 Å². The molecule has 50 heavy (non-hydrogen) atoms. The van der Waals surface area contributed by atoms with Gasteiger partial charge in [-0.25, -0.2) is 9.67 Å². The molecule has 0 amide bonds. The Labute approximate surface area is 302 Å². The molecule has 2 aromatic rings. The molecule has 0 atom stereocenters. The standard InChI is InChI=1S/C39H49N5O2.2C2H6/c1-4-6-7-8-14-22-32(3)41-31-42-36(28-21-30-40)44-39(34-25-15-9-10-16-26-34)35(38(43-44)33-23-17-13-18-24-33)27-19-11-12-20-29-37(45)46-5-2;2*1-2/h6-7,9,13,15-19,22-28,30-31,40H,4-5,8,10-12,14,20-21,29H2,1-3H3,(H,41,42);2*1-2H3/b7-6-,27-19+,32-22+,36-28?,40-30?;;. The van der Waals surface area contributed by atoms with E-state index >= 15 is 0 Å². The predicted molar refractivity (Wildman–Crippen MR) is 217 cm³/mol. The third-order valence-electron chi connectivity index (χ3n) is 7.13. The highest BCUT2D eigenvalue weighted by Gasteiger charge is 2.21. The summed E-state index contributed by atoms with van der Waals surface area (Å²) in [5.74, 6) is 0.481. The Morgan fingerprint density at radius 3 is 2.50 bits per heavy atom. The molecule has 7 nitrogen and oxygen atoms in total. The van der Waals surface area contributed by atoms with E-state index in [0.29, 0.717) is 25.3 Å². The molecule has 0 radical (unpaired) electrons. The van der Waals surface area contributed by atoms with Crippen molar-refractivity contribution in [2.75, 3.05) is 6.61 Å². The van der Waals surface area contributed by atoms with E-state index in [-0.39, 0.29) is 5.97 Å². The Morgan fingerprint density at radius 1 is 1.00 bits per heavy atom. The van der Waals surface area contributed by atoms with E-state index in [1.807, 2.05) is 70.5 Å². The smallest absolute Gasteiger partial charge is 0.305 e. The normalized spacial score (nSPS) is 13.1. The number of benzene rings is 1. The van der Waals surface area contributed by atoms with E-state index < -0.39 is 0 Å². The monoisotopic (exact) mass is 679 g/mol. The molecule has 1 aliphatic carbocycles. The van der Waals surface area contributed by atoms with Crippen LogP contribution >= 0.6 is 0 Å². The van der Waals surface area contributed by atoms with Crippen LogP contribution in [0.4, 0.5) is 0 Å². The number of nitrogens with one attached hydrogen (secondary N) is 2. The van der Waals surface area contributed by atoms with E-state index in [2.05, 4.69) is 85.1 Å². The quantitative estimate of drug-likeness (QED) is 0.0508. The van der Waals surface area contributed by atoms with E-state index in [0.717, 1.165) is 78.7 Å². The van der Waals surface area contributed by atoms with Crippen molar-refractivity contribution in [3.05, 3.63) is 108 Å². The summed E-state index contributed by atoms with van der Waals surface area (Å²) >= 11 is 0. The summed E-state index contributed by atoms with van der Waals surface area (Å²) in [6.45, 7) is 14.4. The zero-order valence-electron chi connectivity index (χ0n) is 31.6. The summed E-state index contributed by atoms with van der Waals surface area (Å²) in [6.07, 6.45) is 33.7. The van der Waals surface area contributed by atoms with Crippen molar-refractivity contribution in [1.82, 2.24) is 15.1 Å². The second kappa shape index (κ2) is 28.1. The number of aromatic nitrogens is 2. The average Bonchev–Trinajstić information content (AvgIpc) is 3.31. The second-order valence-electron chi connectivity index (χ2n) is 10.8. The van der Waals surface area contributed by atoms with Crippen molar-refractivity contribution in [3.8, 4) is 11.3 Å². The van der Waals surface area contributed by atoms with Crippen molar-refractivity contribution in [2.45, 2.75) is 106 Å². The molecule has 0 unspecified atom stereocenters. The van der Waals surface area contributed by atoms with Crippen LogP contribution in [0.25, 0.3) is 28.7 Å². The summed E-state index contributed by atoms with van der Waals surface area (Å²) in [4.78, 5) is 16.6. The van der Waals surface area contributed by atoms with Gasteiger partial charge < -0.3 is 15.5 Å². The first-order valence-corrected chi connectivity index (χ1v) is 18.4. The van der Waals surface area contributed by atoms with E-state index in [4.69, 9.17) is 20.2 Å². The highest BCUT2D eigenvalue weighted by atomic mass is 16.5. The van der Waals surface area contributed by atoms with Gasteiger partial charge >= 0.3 is 5.97 Å². The van der Waals surface area contributed by atoms with Crippen LogP contribution in [-0.4, -0.2) is 34.9 Å². The Hall–Kier alpha value is -4.78. The van der Waals surface area contributed by atoms with E-state index in [1.54, 1.807) is 6.34 Å². The van der Waals surface area contributed by atoms with Gasteiger partial charge in [-0.15, -0.1) is 0 Å². The number of carbonyl (C=O) groups is 1. The highest BCUT2D eigenvalue weighted by molar-refractivity contribution is 5.87. The maximum atomic E-state index is 11.8. The molecule has 0 fully saturated rings. The van der Waals surface area contributed by atoms with Crippen LogP contribution in [0.2, 0.25) is 0 Å². The summed E-state index contributed by atoms with van der Waals surface area (Å²) < 4.78 is 6.97. The van der Waals surface area contributed by atoms with Gasteiger partial charge in [-0.05, 0) is 71.1 Å². The Bertz CT molecular complexity index is 1500. The number of nitrogens with zero attached hydrogens (tertiary/aromatic N) is 3. The zero-order valence-corrected chi connectivity index (χ0v) is 31.6. The molecule has 1 aromatic carbocycles. The molecule has 0 spiro atoms. The van der Waals surface area contributed by atoms with Gasteiger partial charge in [0.05, 0.1) is 18.6 Å². The highest BCUT2D eigenvalue weighted by Crippen LogP contribution is 2.34. The van der Waals surface area contributed by atoms with E-state index in [1.165, 1.54) is 6.21 Å². The van der Waals surface area contributed by atoms with Crippen LogP contribution in [0.1, 0.15) is 118 Å². The molecule has 1 aliphatic rings. The second-order valence-corrected chi connectivity index (χ2v) is 10.8. The van der Waals surface area contributed by atoms with E-state index in [9.17, 15) is 4.79 Å². The number of allylic oxidation sites excluding steroid dienone is 12. The molecule has 7 heteroatoms. The lowest BCUT2D eigenvalue weighted by Crippen LogP contribution is -2.10. The molecule has 2 N–H and O–H groups in total. The summed E-state index contributed by atoms with van der Waals surface area (Å²) in [5, 5.41) is 16.2. The Balaban J connectivity index is 0.00000301. The molecular formula is C43H61N5O2. The van der Waals surface area contributed by atoms with Crippen LogP contribution in [0.3, 0.4) is 0 Å². The van der Waals surface area contributed by atoms with Gasteiger partial charge in [0.25, 0.3) is 0 Å². The SMILES string of the molecule is CC.CC.CC/C=C\CC/C=C(\C)N/C=N/C(=CCC=N)n1nc(-c2ccccc2)c(/C=C/CCCCC(=O)OCC)c1C1=CC=CCC=C1. The number of aliphatic imine (C=N–C) groups is 1. The lowest BCUT2D eigenvalue weighted by Gasteiger charge is -2.10. The fourth-order valence-electron chi connectivity index (χ4n) is 4.84. The number of hydrogen-bond acceptors (Lipinski definition) is 5. The Kier molecular flexibility index (Phi) is 24.3. The number of unbranched alkanes of at least 4 members (excludes halogenated alkanes) is 3. The predicted octanol–water partition coefficient (Wildman–Crippen LogP) is 11.7. The lowest BCUT2D eigenvalue weighted by molar-refractivity contribution is -0.143. The molecule has 0 bridgehead atoms. The maximum Gasteiger partial charge on any atom is 0.305 e. The first-order valence-electron chi connectivity index (χ1n) is 18.4. The molecule has 0 saturated heterocycles. The molecule has 1 aromatic heterocycles. The minimum Gasteiger partial charge on any atom is -0.466 e. The largest absolute Gasteiger partial charge is 0.466 e. The van der Waals surface area contributed by atoms with Crippen LogP contribution in [0, 0.1) is 5.41 Å². The maximum absolute atomic E-state index is 11.8. The van der Waals surface area contributed by atoms with Crippen LogP contribution in [-0.2, 0) is 9.53 Å². The van der Waals surface area contributed by atoms with Gasteiger partial charge in [0, 0.05) is 35.2 Å². The molecule has 0 saturated carbocycles. The van der Waals surface area contributed by atoms with Crippen molar-refractivity contribution in [3.63, 3.8) is 0 Å². The zero-order chi connectivity index (χ0) is 36.8. The first kappa shape index (κ1) is 43.2. The third-order valence-corrected chi connectivity index (χ3v) is 7.13. The van der Waals surface area contributed by atoms with Gasteiger partial charge in [0.15, 0.2) is 5.82 Å². The van der Waals surface area contributed by atoms with Gasteiger partial charge in [-0.1, -0.05) is 126 Å². The third kappa shape index (κ3) is 16.1. The molecule has 0 aliphatic heterocycles. The molecule has 1 heterocycles.